The highest BCUT2D eigenvalue weighted by Crippen LogP contribution is 2.29. The lowest BCUT2D eigenvalue weighted by Crippen LogP contribution is -2.34. The summed E-state index contributed by atoms with van der Waals surface area (Å²) in [5, 5.41) is 0. The van der Waals surface area contributed by atoms with Crippen LogP contribution >= 0.6 is 0 Å². The van der Waals surface area contributed by atoms with E-state index in [-0.39, 0.29) is 5.78 Å². The van der Waals surface area contributed by atoms with Crippen LogP contribution in [0, 0.1) is 0 Å². The van der Waals surface area contributed by atoms with E-state index < -0.39 is 5.79 Å². The Morgan fingerprint density at radius 1 is 1.38 bits per heavy atom. The van der Waals surface area contributed by atoms with E-state index in [1.165, 1.54) is 0 Å². The molecule has 3 nitrogen and oxygen atoms in total. The number of ether oxygens (including phenoxy) is 2. The second-order valence-corrected chi connectivity index (χ2v) is 3.73. The summed E-state index contributed by atoms with van der Waals surface area (Å²) in [5.41, 5.74) is 0.951. The lowest BCUT2D eigenvalue weighted by molar-refractivity contribution is -0.197. The van der Waals surface area contributed by atoms with Crippen LogP contribution in [-0.4, -0.2) is 18.2 Å². The van der Waals surface area contributed by atoms with Gasteiger partial charge >= 0.3 is 0 Å². The largest absolute Gasteiger partial charge is 0.463 e. The lowest BCUT2D eigenvalue weighted by atomic mass is 10.0. The molecule has 0 atom stereocenters. The summed E-state index contributed by atoms with van der Waals surface area (Å²) in [6, 6.07) is 0. The molecule has 0 amide bonds. The molecular weight excluding hydrogens is 168 g/mol. The van der Waals surface area contributed by atoms with E-state index in [2.05, 4.69) is 0 Å². The van der Waals surface area contributed by atoms with Crippen LogP contribution in [0.5, 0.6) is 0 Å². The highest BCUT2D eigenvalue weighted by Gasteiger charge is 2.30. The zero-order chi connectivity index (χ0) is 9.47. The van der Waals surface area contributed by atoms with E-state index in [4.69, 9.17) is 9.47 Å². The minimum absolute atomic E-state index is 0.116. The number of ketones is 1. The summed E-state index contributed by atoms with van der Waals surface area (Å²) < 4.78 is 11.0. The Labute approximate surface area is 77.0 Å². The van der Waals surface area contributed by atoms with Crippen molar-refractivity contribution in [3.63, 3.8) is 0 Å². The molecule has 1 aliphatic carbocycles. The number of allylic oxidation sites excluding steroid dienone is 2. The van der Waals surface area contributed by atoms with Gasteiger partial charge in [0.05, 0.1) is 6.61 Å². The van der Waals surface area contributed by atoms with Crippen LogP contribution in [0.2, 0.25) is 0 Å². The maximum Gasteiger partial charge on any atom is 0.205 e. The van der Waals surface area contributed by atoms with E-state index in [0.717, 1.165) is 11.3 Å². The summed E-state index contributed by atoms with van der Waals surface area (Å²) in [5.74, 6) is 0.352. The van der Waals surface area contributed by atoms with Crippen molar-refractivity contribution in [1.29, 1.82) is 0 Å². The molecule has 0 aromatic rings. The van der Waals surface area contributed by atoms with Gasteiger partial charge in [0, 0.05) is 25.8 Å². The summed E-state index contributed by atoms with van der Waals surface area (Å²) in [4.78, 5) is 11.0. The molecule has 0 fully saturated rings. The van der Waals surface area contributed by atoms with Gasteiger partial charge in [0.1, 0.15) is 5.76 Å². The van der Waals surface area contributed by atoms with Gasteiger partial charge in [-0.25, -0.2) is 0 Å². The van der Waals surface area contributed by atoms with Crippen molar-refractivity contribution in [3.8, 4) is 0 Å². The van der Waals surface area contributed by atoms with Gasteiger partial charge < -0.3 is 9.47 Å². The van der Waals surface area contributed by atoms with Gasteiger partial charge in [0.2, 0.25) is 5.79 Å². The number of carbonyl (C=O) groups excluding carboxylic acids is 1. The molecule has 1 heterocycles. The SMILES string of the molecule is CC1(C)OCC2=C(C=CC(=O)C2)O1. The number of rotatable bonds is 0. The zero-order valence-corrected chi connectivity index (χ0v) is 7.79. The minimum atomic E-state index is -0.566. The predicted octanol–water partition coefficient (Wildman–Crippen LogP) is 1.55. The number of hydrogen-bond acceptors (Lipinski definition) is 3. The Morgan fingerprint density at radius 2 is 2.15 bits per heavy atom. The molecule has 0 radical (unpaired) electrons. The molecule has 0 spiro atoms. The Morgan fingerprint density at radius 3 is 2.92 bits per heavy atom. The molecule has 0 aromatic heterocycles. The average Bonchev–Trinajstić information content (AvgIpc) is 2.05. The fourth-order valence-corrected chi connectivity index (χ4v) is 1.43. The molecule has 0 saturated carbocycles. The van der Waals surface area contributed by atoms with Crippen molar-refractivity contribution >= 4 is 5.78 Å². The van der Waals surface area contributed by atoms with Crippen LogP contribution < -0.4 is 0 Å². The predicted molar refractivity (Wildman–Crippen MR) is 46.9 cm³/mol. The highest BCUT2D eigenvalue weighted by molar-refractivity contribution is 5.93. The zero-order valence-electron chi connectivity index (χ0n) is 7.79. The first-order valence-electron chi connectivity index (χ1n) is 4.33. The summed E-state index contributed by atoms with van der Waals surface area (Å²) in [6.45, 7) is 4.22. The normalized spacial score (nSPS) is 25.5. The van der Waals surface area contributed by atoms with Crippen LogP contribution in [0.1, 0.15) is 20.3 Å². The molecule has 0 bridgehead atoms. The van der Waals surface area contributed by atoms with Gasteiger partial charge in [-0.2, -0.15) is 0 Å². The van der Waals surface area contributed by atoms with Gasteiger partial charge in [-0.3, -0.25) is 4.79 Å². The monoisotopic (exact) mass is 180 g/mol. The van der Waals surface area contributed by atoms with Crippen molar-refractivity contribution in [1.82, 2.24) is 0 Å². The van der Waals surface area contributed by atoms with E-state index in [9.17, 15) is 4.79 Å². The van der Waals surface area contributed by atoms with Gasteiger partial charge in [0.15, 0.2) is 5.78 Å². The summed E-state index contributed by atoms with van der Waals surface area (Å²) in [7, 11) is 0. The molecule has 0 N–H and O–H groups in total. The van der Waals surface area contributed by atoms with E-state index >= 15 is 0 Å². The molecule has 13 heavy (non-hydrogen) atoms. The highest BCUT2D eigenvalue weighted by atomic mass is 16.7. The third-order valence-corrected chi connectivity index (χ3v) is 2.11. The molecule has 2 rings (SSSR count). The molecule has 2 aliphatic rings. The summed E-state index contributed by atoms with van der Waals surface area (Å²) >= 11 is 0. The molecule has 1 aliphatic heterocycles. The van der Waals surface area contributed by atoms with E-state index in [0.29, 0.717) is 13.0 Å². The van der Waals surface area contributed by atoms with Crippen LogP contribution in [0.3, 0.4) is 0 Å². The van der Waals surface area contributed by atoms with Crippen LogP contribution in [0.15, 0.2) is 23.5 Å². The van der Waals surface area contributed by atoms with E-state index in [1.807, 2.05) is 13.8 Å². The van der Waals surface area contributed by atoms with Crippen LogP contribution in [0.4, 0.5) is 0 Å². The number of carbonyl (C=O) groups is 1. The Kier molecular flexibility index (Phi) is 1.77. The Hall–Kier alpha value is -1.09. The smallest absolute Gasteiger partial charge is 0.205 e. The molecule has 0 unspecified atom stereocenters. The molecule has 3 heteroatoms. The van der Waals surface area contributed by atoms with Gasteiger partial charge in [-0.15, -0.1) is 0 Å². The van der Waals surface area contributed by atoms with Crippen molar-refractivity contribution in [2.24, 2.45) is 0 Å². The van der Waals surface area contributed by atoms with Crippen molar-refractivity contribution in [2.45, 2.75) is 26.1 Å². The first kappa shape index (κ1) is 8.51. The fourth-order valence-electron chi connectivity index (χ4n) is 1.43. The fraction of sp³-hybridized carbons (Fsp3) is 0.500. The van der Waals surface area contributed by atoms with Crippen molar-refractivity contribution < 1.29 is 14.3 Å². The van der Waals surface area contributed by atoms with Crippen LogP contribution in [-0.2, 0) is 14.3 Å². The number of hydrogen-bond donors (Lipinski definition) is 0. The topological polar surface area (TPSA) is 35.5 Å². The van der Waals surface area contributed by atoms with Crippen LogP contribution in [0.25, 0.3) is 0 Å². The minimum Gasteiger partial charge on any atom is -0.463 e. The standard InChI is InChI=1S/C10H12O3/c1-10(2)12-6-7-5-8(11)3-4-9(7)13-10/h3-4H,5-6H2,1-2H3. The second-order valence-electron chi connectivity index (χ2n) is 3.73. The maximum absolute atomic E-state index is 11.0. The van der Waals surface area contributed by atoms with Gasteiger partial charge in [-0.05, 0) is 12.2 Å². The maximum atomic E-state index is 11.0. The second kappa shape index (κ2) is 2.70. The molecular formula is C10H12O3. The lowest BCUT2D eigenvalue weighted by Gasteiger charge is -2.34. The molecule has 70 valence electrons. The quantitative estimate of drug-likeness (QED) is 0.567. The summed E-state index contributed by atoms with van der Waals surface area (Å²) in [6.07, 6.45) is 3.72. The molecule has 0 aromatic carbocycles. The average molecular weight is 180 g/mol. The first-order chi connectivity index (χ1) is 6.07. The molecule has 0 saturated heterocycles. The first-order valence-corrected chi connectivity index (χ1v) is 4.33. The van der Waals surface area contributed by atoms with Gasteiger partial charge in [0.25, 0.3) is 0 Å². The Balaban J connectivity index is 2.25. The van der Waals surface area contributed by atoms with Gasteiger partial charge in [-0.1, -0.05) is 0 Å². The third-order valence-electron chi connectivity index (χ3n) is 2.11. The Bertz CT molecular complexity index is 310. The van der Waals surface area contributed by atoms with E-state index in [1.54, 1.807) is 12.2 Å². The van der Waals surface area contributed by atoms with Crippen molar-refractivity contribution in [2.75, 3.05) is 6.61 Å². The van der Waals surface area contributed by atoms with Crippen molar-refractivity contribution in [3.05, 3.63) is 23.5 Å². The third kappa shape index (κ3) is 1.65.